The van der Waals surface area contributed by atoms with Gasteiger partial charge in [0.15, 0.2) is 16.6 Å². The zero-order chi connectivity index (χ0) is 21.7. The first-order valence-corrected chi connectivity index (χ1v) is 10.1. The molecule has 0 spiro atoms. The molecule has 0 saturated carbocycles. The number of nitro benzene ring substituents is 1. The highest BCUT2D eigenvalue weighted by Gasteiger charge is 2.20. The lowest BCUT2D eigenvalue weighted by molar-refractivity contribution is -0.385. The quantitative estimate of drug-likeness (QED) is 0.375. The summed E-state index contributed by atoms with van der Waals surface area (Å²) in [6.45, 7) is 3.61. The number of ether oxygens (including phenoxy) is 2. The predicted octanol–water partition coefficient (Wildman–Crippen LogP) is 4.89. The predicted molar refractivity (Wildman–Crippen MR) is 115 cm³/mol. The van der Waals surface area contributed by atoms with Gasteiger partial charge in [-0.15, -0.1) is 11.3 Å². The summed E-state index contributed by atoms with van der Waals surface area (Å²) in [5, 5.41) is 13.3. The van der Waals surface area contributed by atoms with Gasteiger partial charge in [0.05, 0.1) is 29.5 Å². The third-order valence-corrected chi connectivity index (χ3v) is 5.27. The molecular formula is C21H21N3O5S. The fraction of sp³-hybridized carbons (Fsp3) is 0.238. The molecule has 0 radical (unpaired) electrons. The van der Waals surface area contributed by atoms with Crippen LogP contribution in [0.15, 0.2) is 47.8 Å². The summed E-state index contributed by atoms with van der Waals surface area (Å²) in [5.74, 6) is 0.498. The number of non-ortho nitro benzene ring substituents is 1. The first-order valence-electron chi connectivity index (χ1n) is 9.22. The molecule has 1 amide bonds. The van der Waals surface area contributed by atoms with Gasteiger partial charge in [0.1, 0.15) is 6.61 Å². The second-order valence-electron chi connectivity index (χ2n) is 6.34. The van der Waals surface area contributed by atoms with Crippen molar-refractivity contribution in [1.82, 2.24) is 4.98 Å². The summed E-state index contributed by atoms with van der Waals surface area (Å²) < 4.78 is 10.9. The minimum atomic E-state index is -0.497. The van der Waals surface area contributed by atoms with Crippen LogP contribution < -0.4 is 14.4 Å². The molecule has 2 aromatic carbocycles. The van der Waals surface area contributed by atoms with Crippen LogP contribution in [0.1, 0.15) is 25.1 Å². The van der Waals surface area contributed by atoms with Crippen LogP contribution in [0.4, 0.5) is 16.5 Å². The molecule has 0 aliphatic heterocycles. The normalized spacial score (nSPS) is 10.5. The number of hydrogen-bond acceptors (Lipinski definition) is 7. The molecule has 0 unspecified atom stereocenters. The van der Waals surface area contributed by atoms with Gasteiger partial charge in [-0.1, -0.05) is 25.1 Å². The van der Waals surface area contributed by atoms with E-state index in [-0.39, 0.29) is 24.0 Å². The Morgan fingerprint density at radius 1 is 1.23 bits per heavy atom. The van der Waals surface area contributed by atoms with Crippen molar-refractivity contribution in [2.45, 2.75) is 26.9 Å². The number of anilines is 2. The molecule has 0 aliphatic carbocycles. The standard InChI is InChI=1S/C21H21N3O5S/c1-4-15-7-5-6-8-18(15)23(14(2)25)21-22-16(13-30-21)12-29-20-11-17(24(26)27)9-10-19(20)28-3/h5-11,13H,4,12H2,1-3H3. The Balaban J connectivity index is 1.83. The van der Waals surface area contributed by atoms with Crippen LogP contribution >= 0.6 is 11.3 Å². The van der Waals surface area contributed by atoms with Gasteiger partial charge in [-0.2, -0.15) is 0 Å². The van der Waals surface area contributed by atoms with E-state index in [0.717, 1.165) is 17.7 Å². The number of hydrogen-bond donors (Lipinski definition) is 0. The van der Waals surface area contributed by atoms with Crippen molar-refractivity contribution < 1.29 is 19.2 Å². The molecule has 9 heteroatoms. The fourth-order valence-electron chi connectivity index (χ4n) is 2.94. The average Bonchev–Trinajstić information content (AvgIpc) is 3.20. The van der Waals surface area contributed by atoms with Gasteiger partial charge < -0.3 is 9.47 Å². The molecule has 0 saturated heterocycles. The molecule has 30 heavy (non-hydrogen) atoms. The lowest BCUT2D eigenvalue weighted by Gasteiger charge is -2.21. The molecule has 0 N–H and O–H groups in total. The van der Waals surface area contributed by atoms with E-state index < -0.39 is 4.92 Å². The van der Waals surface area contributed by atoms with Crippen LogP contribution in [0.2, 0.25) is 0 Å². The van der Waals surface area contributed by atoms with Crippen LogP contribution in [-0.2, 0) is 17.8 Å². The highest BCUT2D eigenvalue weighted by molar-refractivity contribution is 7.14. The Morgan fingerprint density at radius 3 is 2.67 bits per heavy atom. The van der Waals surface area contributed by atoms with Gasteiger partial charge in [-0.05, 0) is 24.1 Å². The average molecular weight is 427 g/mol. The molecule has 156 valence electrons. The first kappa shape index (κ1) is 21.3. The Labute approximate surface area is 177 Å². The van der Waals surface area contributed by atoms with E-state index in [4.69, 9.17) is 9.47 Å². The second-order valence-corrected chi connectivity index (χ2v) is 7.18. The Kier molecular flexibility index (Phi) is 6.63. The van der Waals surface area contributed by atoms with Crippen molar-refractivity contribution in [2.75, 3.05) is 12.0 Å². The van der Waals surface area contributed by atoms with E-state index in [9.17, 15) is 14.9 Å². The van der Waals surface area contributed by atoms with Gasteiger partial charge in [0.25, 0.3) is 5.69 Å². The summed E-state index contributed by atoms with van der Waals surface area (Å²) in [7, 11) is 1.46. The van der Waals surface area contributed by atoms with Crippen molar-refractivity contribution in [3.63, 3.8) is 0 Å². The number of thiazole rings is 1. The first-order chi connectivity index (χ1) is 14.4. The number of aromatic nitrogens is 1. The SMILES string of the molecule is CCc1ccccc1N(C(C)=O)c1nc(COc2cc([N+](=O)[O-])ccc2OC)cs1. The van der Waals surface area contributed by atoms with Gasteiger partial charge in [-0.3, -0.25) is 19.8 Å². The molecule has 1 aromatic heterocycles. The lowest BCUT2D eigenvalue weighted by Crippen LogP contribution is -2.23. The zero-order valence-electron chi connectivity index (χ0n) is 16.8. The van der Waals surface area contributed by atoms with Crippen LogP contribution in [0.5, 0.6) is 11.5 Å². The second kappa shape index (κ2) is 9.36. The minimum Gasteiger partial charge on any atom is -0.493 e. The van der Waals surface area contributed by atoms with Crippen LogP contribution in [0.3, 0.4) is 0 Å². The number of amides is 1. The number of methoxy groups -OCH3 is 1. The number of carbonyl (C=O) groups is 1. The van der Waals surface area contributed by atoms with Gasteiger partial charge in [-0.25, -0.2) is 4.98 Å². The van der Waals surface area contributed by atoms with Crippen molar-refractivity contribution in [3.05, 3.63) is 69.2 Å². The number of nitrogens with zero attached hydrogens (tertiary/aromatic N) is 3. The summed E-state index contributed by atoms with van der Waals surface area (Å²) in [5.41, 5.74) is 2.35. The van der Waals surface area contributed by atoms with Gasteiger partial charge >= 0.3 is 0 Å². The monoisotopic (exact) mass is 427 g/mol. The van der Waals surface area contributed by atoms with Crippen LogP contribution in [0.25, 0.3) is 0 Å². The van der Waals surface area contributed by atoms with E-state index in [1.807, 2.05) is 31.2 Å². The molecular weight excluding hydrogens is 406 g/mol. The molecule has 3 aromatic rings. The molecule has 0 aliphatic rings. The number of carbonyl (C=O) groups excluding carboxylic acids is 1. The summed E-state index contributed by atoms with van der Waals surface area (Å²) >= 11 is 1.33. The summed E-state index contributed by atoms with van der Waals surface area (Å²) in [4.78, 5) is 29.0. The van der Waals surface area contributed by atoms with Gasteiger partial charge in [0, 0.05) is 18.4 Å². The number of benzene rings is 2. The molecule has 8 nitrogen and oxygen atoms in total. The van der Waals surface area contributed by atoms with Crippen molar-refractivity contribution >= 4 is 33.8 Å². The van der Waals surface area contributed by atoms with E-state index >= 15 is 0 Å². The van der Waals surface area contributed by atoms with E-state index in [2.05, 4.69) is 4.98 Å². The smallest absolute Gasteiger partial charge is 0.273 e. The lowest BCUT2D eigenvalue weighted by atomic mass is 10.1. The maximum atomic E-state index is 12.4. The third-order valence-electron chi connectivity index (χ3n) is 4.39. The van der Waals surface area contributed by atoms with E-state index in [1.54, 1.807) is 10.3 Å². The van der Waals surface area contributed by atoms with Crippen molar-refractivity contribution in [1.29, 1.82) is 0 Å². The van der Waals surface area contributed by atoms with Crippen molar-refractivity contribution in [2.24, 2.45) is 0 Å². The van der Waals surface area contributed by atoms with Crippen LogP contribution in [0, 0.1) is 10.1 Å². The van der Waals surface area contributed by atoms with Gasteiger partial charge in [0.2, 0.25) is 5.91 Å². The Hall–Kier alpha value is -3.46. The minimum absolute atomic E-state index is 0.0786. The molecule has 0 fully saturated rings. The number of rotatable bonds is 8. The zero-order valence-corrected chi connectivity index (χ0v) is 17.6. The largest absolute Gasteiger partial charge is 0.493 e. The highest BCUT2D eigenvalue weighted by atomic mass is 32.1. The third kappa shape index (κ3) is 4.57. The highest BCUT2D eigenvalue weighted by Crippen LogP contribution is 2.34. The number of nitro groups is 1. The fourth-order valence-corrected chi connectivity index (χ4v) is 3.81. The van der Waals surface area contributed by atoms with E-state index in [0.29, 0.717) is 16.6 Å². The summed E-state index contributed by atoms with van der Waals surface area (Å²) in [6.07, 6.45) is 0.786. The number of para-hydroxylation sites is 1. The maximum Gasteiger partial charge on any atom is 0.273 e. The number of aryl methyl sites for hydroxylation is 1. The topological polar surface area (TPSA) is 94.8 Å². The van der Waals surface area contributed by atoms with Crippen molar-refractivity contribution in [3.8, 4) is 11.5 Å². The Bertz CT molecular complexity index is 1070. The summed E-state index contributed by atoms with van der Waals surface area (Å²) in [6, 6.07) is 11.8. The molecule has 3 rings (SSSR count). The molecule has 1 heterocycles. The van der Waals surface area contributed by atoms with E-state index in [1.165, 1.54) is 43.6 Å². The molecule has 0 bridgehead atoms. The molecule has 0 atom stereocenters. The Morgan fingerprint density at radius 2 is 2.00 bits per heavy atom. The van der Waals surface area contributed by atoms with Crippen LogP contribution in [-0.4, -0.2) is 22.9 Å². The maximum absolute atomic E-state index is 12.4.